The number of rotatable bonds is 13. The molecule has 0 aliphatic rings. The standard InChI is InChI=1S/C38H49NO3/c1-8-9-10-11-15-22-36(40)31(6)38(41)42-37(33-19-13-12-14-20-33)32(7)39(25-34-21-17-16-18-28(34)3)26-35-29(4)23-27(2)24-30(35)5/h12-14,16-21,23-24,31-32,36-37,40H,8-11,25-26H2,1-7H3/t31-,32+,36-,37+/m1/s1. The molecule has 4 heteroatoms. The Labute approximate surface area is 254 Å². The van der Waals surface area contributed by atoms with Crippen LogP contribution < -0.4 is 0 Å². The number of nitrogens with zero attached hydrogens (tertiary/aromatic N) is 1. The van der Waals surface area contributed by atoms with Crippen LogP contribution in [-0.2, 0) is 22.6 Å². The number of hydrogen-bond acceptors (Lipinski definition) is 4. The van der Waals surface area contributed by atoms with Crippen molar-refractivity contribution in [1.82, 2.24) is 4.90 Å². The minimum Gasteiger partial charge on any atom is -0.456 e. The molecule has 42 heavy (non-hydrogen) atoms. The van der Waals surface area contributed by atoms with Crippen LogP contribution in [0, 0.1) is 45.5 Å². The van der Waals surface area contributed by atoms with Gasteiger partial charge in [-0.25, -0.2) is 0 Å². The van der Waals surface area contributed by atoms with E-state index in [1.807, 2.05) is 30.3 Å². The van der Waals surface area contributed by atoms with Crippen LogP contribution >= 0.6 is 0 Å². The van der Waals surface area contributed by atoms with Gasteiger partial charge >= 0.3 is 5.97 Å². The molecule has 4 atom stereocenters. The van der Waals surface area contributed by atoms with E-state index >= 15 is 0 Å². The highest BCUT2D eigenvalue weighted by atomic mass is 16.5. The highest BCUT2D eigenvalue weighted by Crippen LogP contribution is 2.31. The Morgan fingerprint density at radius 1 is 0.881 bits per heavy atom. The summed E-state index contributed by atoms with van der Waals surface area (Å²) in [6.45, 7) is 16.0. The normalized spacial score (nSPS) is 14.0. The highest BCUT2D eigenvalue weighted by Gasteiger charge is 2.32. The summed E-state index contributed by atoms with van der Waals surface area (Å²) < 4.78 is 6.28. The topological polar surface area (TPSA) is 49.8 Å². The summed E-state index contributed by atoms with van der Waals surface area (Å²) in [5, 5.41) is 10.7. The first-order valence-electron chi connectivity index (χ1n) is 15.4. The number of carbonyl (C=O) groups is 1. The molecule has 0 heterocycles. The van der Waals surface area contributed by atoms with Gasteiger partial charge in [0.1, 0.15) is 12.2 Å². The minimum absolute atomic E-state index is 0.152. The molecule has 3 rings (SSSR count). The third-order valence-electron chi connectivity index (χ3n) is 8.22. The van der Waals surface area contributed by atoms with E-state index in [-0.39, 0.29) is 6.04 Å². The molecule has 0 radical (unpaired) electrons. The molecule has 1 N–H and O–H groups in total. The van der Waals surface area contributed by atoms with Gasteiger partial charge in [0.25, 0.3) is 0 Å². The maximum absolute atomic E-state index is 13.5. The summed E-state index contributed by atoms with van der Waals surface area (Å²) in [6.07, 6.45) is 2.37. The third kappa shape index (κ3) is 9.31. The molecule has 0 unspecified atom stereocenters. The van der Waals surface area contributed by atoms with Gasteiger partial charge in [0.15, 0.2) is 0 Å². The molecule has 0 spiro atoms. The number of aliphatic hydroxyl groups excluding tert-OH is 1. The van der Waals surface area contributed by atoms with Crippen LogP contribution in [0.1, 0.15) is 91.5 Å². The summed E-state index contributed by atoms with van der Waals surface area (Å²) in [6, 6.07) is 22.7. The molecule has 0 aliphatic heterocycles. The number of esters is 1. The molecule has 0 aliphatic carbocycles. The van der Waals surface area contributed by atoms with Gasteiger partial charge in [-0.15, -0.1) is 5.92 Å². The van der Waals surface area contributed by atoms with E-state index in [1.54, 1.807) is 6.92 Å². The van der Waals surface area contributed by atoms with Crippen LogP contribution in [-0.4, -0.2) is 28.1 Å². The van der Waals surface area contributed by atoms with Crippen molar-refractivity contribution in [3.63, 3.8) is 0 Å². The number of aliphatic hydroxyl groups is 1. The molecule has 0 aromatic heterocycles. The number of aryl methyl sites for hydroxylation is 4. The number of carbonyl (C=O) groups excluding carboxylic acids is 1. The molecular weight excluding hydrogens is 518 g/mol. The smallest absolute Gasteiger partial charge is 0.312 e. The summed E-state index contributed by atoms with van der Waals surface area (Å²) in [4.78, 5) is 15.9. The molecular formula is C38H49NO3. The Balaban J connectivity index is 1.93. The van der Waals surface area contributed by atoms with Crippen molar-refractivity contribution in [2.45, 2.75) is 105 Å². The minimum atomic E-state index is -1.06. The van der Waals surface area contributed by atoms with E-state index < -0.39 is 24.1 Å². The zero-order chi connectivity index (χ0) is 30.6. The van der Waals surface area contributed by atoms with Crippen molar-refractivity contribution < 1.29 is 14.6 Å². The van der Waals surface area contributed by atoms with Crippen molar-refractivity contribution in [2.75, 3.05) is 0 Å². The molecule has 0 fully saturated rings. The Bertz CT molecular complexity index is 1330. The fraction of sp³-hybridized carbons (Fsp3) is 0.447. The van der Waals surface area contributed by atoms with Crippen LogP contribution in [0.3, 0.4) is 0 Å². The molecule has 3 aromatic carbocycles. The van der Waals surface area contributed by atoms with Crippen LogP contribution in [0.4, 0.5) is 0 Å². The van der Waals surface area contributed by atoms with Gasteiger partial charge in [-0.05, 0) is 81.3 Å². The zero-order valence-corrected chi connectivity index (χ0v) is 26.6. The van der Waals surface area contributed by atoms with E-state index in [0.29, 0.717) is 6.54 Å². The van der Waals surface area contributed by atoms with Crippen LogP contribution in [0.2, 0.25) is 0 Å². The molecule has 224 valence electrons. The van der Waals surface area contributed by atoms with Crippen molar-refractivity contribution >= 4 is 5.97 Å². The lowest BCUT2D eigenvalue weighted by atomic mass is 9.96. The number of hydrogen-bond donors (Lipinski definition) is 1. The van der Waals surface area contributed by atoms with Crippen LogP contribution in [0.25, 0.3) is 0 Å². The lowest BCUT2D eigenvalue weighted by Gasteiger charge is -2.36. The maximum atomic E-state index is 13.5. The van der Waals surface area contributed by atoms with Crippen molar-refractivity contribution in [1.29, 1.82) is 0 Å². The Kier molecular flexibility index (Phi) is 12.9. The van der Waals surface area contributed by atoms with E-state index in [1.165, 1.54) is 33.4 Å². The van der Waals surface area contributed by atoms with Gasteiger partial charge in [0, 0.05) is 25.6 Å². The van der Waals surface area contributed by atoms with Gasteiger partial charge in [0.2, 0.25) is 0 Å². The second-order valence-electron chi connectivity index (χ2n) is 11.7. The number of unbranched alkanes of at least 4 members (excludes halogenated alkanes) is 3. The summed E-state index contributed by atoms with van der Waals surface area (Å²) in [5.41, 5.74) is 8.47. The first-order chi connectivity index (χ1) is 20.1. The van der Waals surface area contributed by atoms with E-state index in [4.69, 9.17) is 4.74 Å². The van der Waals surface area contributed by atoms with Gasteiger partial charge < -0.3 is 9.84 Å². The van der Waals surface area contributed by atoms with Crippen LogP contribution in [0.5, 0.6) is 0 Å². The largest absolute Gasteiger partial charge is 0.456 e. The summed E-state index contributed by atoms with van der Waals surface area (Å²) in [5.74, 6) is 4.71. The summed E-state index contributed by atoms with van der Waals surface area (Å²) >= 11 is 0. The SMILES string of the molecule is CCCCCC#C[C@@H](O)[C@@H](C)C(=O)O[C@H](c1ccccc1)[C@H](C)N(Cc1ccccc1C)Cc1c(C)cc(C)cc1C. The Morgan fingerprint density at radius 2 is 1.52 bits per heavy atom. The first-order valence-corrected chi connectivity index (χ1v) is 15.4. The highest BCUT2D eigenvalue weighted by molar-refractivity contribution is 5.73. The molecule has 3 aromatic rings. The molecule has 0 saturated carbocycles. The van der Waals surface area contributed by atoms with Crippen molar-refractivity contribution in [2.24, 2.45) is 5.92 Å². The van der Waals surface area contributed by atoms with Gasteiger partial charge in [0.05, 0.1) is 5.92 Å². The van der Waals surface area contributed by atoms with Gasteiger partial charge in [-0.1, -0.05) is 98.0 Å². The Morgan fingerprint density at radius 3 is 2.17 bits per heavy atom. The predicted molar refractivity (Wildman–Crippen MR) is 173 cm³/mol. The van der Waals surface area contributed by atoms with Gasteiger partial charge in [-0.2, -0.15) is 0 Å². The number of ether oxygens (including phenoxy) is 1. The predicted octanol–water partition coefficient (Wildman–Crippen LogP) is 8.18. The van der Waals surface area contributed by atoms with E-state index in [9.17, 15) is 9.90 Å². The molecule has 0 bridgehead atoms. The zero-order valence-electron chi connectivity index (χ0n) is 26.6. The molecule has 0 saturated heterocycles. The van der Waals surface area contributed by atoms with Crippen molar-refractivity contribution in [3.05, 3.63) is 106 Å². The summed E-state index contributed by atoms with van der Waals surface area (Å²) in [7, 11) is 0. The first kappa shape index (κ1) is 33.1. The lowest BCUT2D eigenvalue weighted by Crippen LogP contribution is -2.40. The lowest BCUT2D eigenvalue weighted by molar-refractivity contribution is -0.160. The number of benzene rings is 3. The Hall–Kier alpha value is -3.39. The second kappa shape index (κ2) is 16.3. The van der Waals surface area contributed by atoms with Crippen LogP contribution in [0.15, 0.2) is 66.7 Å². The molecule has 4 nitrogen and oxygen atoms in total. The fourth-order valence-corrected chi connectivity index (χ4v) is 5.42. The maximum Gasteiger partial charge on any atom is 0.312 e. The monoisotopic (exact) mass is 567 g/mol. The molecule has 0 amide bonds. The average molecular weight is 568 g/mol. The fourth-order valence-electron chi connectivity index (χ4n) is 5.42. The van der Waals surface area contributed by atoms with Crippen molar-refractivity contribution in [3.8, 4) is 11.8 Å². The second-order valence-corrected chi connectivity index (χ2v) is 11.7. The van der Waals surface area contributed by atoms with Gasteiger partial charge in [-0.3, -0.25) is 9.69 Å². The third-order valence-corrected chi connectivity index (χ3v) is 8.22. The quantitative estimate of drug-likeness (QED) is 0.129. The average Bonchev–Trinajstić information content (AvgIpc) is 2.97. The van der Waals surface area contributed by atoms with E-state index in [2.05, 4.69) is 94.7 Å². The van der Waals surface area contributed by atoms with E-state index in [0.717, 1.165) is 37.8 Å².